The van der Waals surface area contributed by atoms with E-state index in [0.29, 0.717) is 11.4 Å². The van der Waals surface area contributed by atoms with E-state index in [-0.39, 0.29) is 0 Å². The van der Waals surface area contributed by atoms with Crippen molar-refractivity contribution in [1.29, 1.82) is 0 Å². The molecule has 4 aliphatic rings. The molecular formula is C13H18BrN3. The van der Waals surface area contributed by atoms with Gasteiger partial charge in [-0.2, -0.15) is 5.10 Å². The Labute approximate surface area is 110 Å². The zero-order valence-corrected chi connectivity index (χ0v) is 11.5. The second kappa shape index (κ2) is 3.28. The van der Waals surface area contributed by atoms with Gasteiger partial charge in [-0.1, -0.05) is 0 Å². The number of hydrogen-bond acceptors (Lipinski definition) is 2. The van der Waals surface area contributed by atoms with E-state index in [1.165, 1.54) is 38.5 Å². The van der Waals surface area contributed by atoms with Crippen molar-refractivity contribution in [3.63, 3.8) is 0 Å². The van der Waals surface area contributed by atoms with Crippen LogP contribution < -0.4 is 5.73 Å². The number of nitrogen functional groups attached to an aromatic ring is 1. The smallest absolute Gasteiger partial charge is 0.159 e. The van der Waals surface area contributed by atoms with Gasteiger partial charge in [0, 0.05) is 6.20 Å². The molecule has 4 bridgehead atoms. The normalized spacial score (nSPS) is 43.2. The van der Waals surface area contributed by atoms with Crippen LogP contribution in [0.2, 0.25) is 0 Å². The van der Waals surface area contributed by atoms with Gasteiger partial charge in [-0.15, -0.1) is 0 Å². The average Bonchev–Trinajstić information content (AvgIpc) is 2.58. The van der Waals surface area contributed by atoms with Crippen molar-refractivity contribution in [2.75, 3.05) is 5.73 Å². The third-order valence-electron chi connectivity index (χ3n) is 5.19. The lowest BCUT2D eigenvalue weighted by Crippen LogP contribution is -2.52. The summed E-state index contributed by atoms with van der Waals surface area (Å²) in [7, 11) is 0. The van der Waals surface area contributed by atoms with E-state index < -0.39 is 0 Å². The highest BCUT2D eigenvalue weighted by Gasteiger charge is 2.52. The molecule has 0 atom stereocenters. The summed E-state index contributed by atoms with van der Waals surface area (Å²) in [5.74, 6) is 3.49. The fourth-order valence-electron chi connectivity index (χ4n) is 4.95. The molecule has 1 aromatic rings. The topological polar surface area (TPSA) is 43.8 Å². The quantitative estimate of drug-likeness (QED) is 0.865. The van der Waals surface area contributed by atoms with Crippen LogP contribution in [0.3, 0.4) is 0 Å². The van der Waals surface area contributed by atoms with Crippen molar-refractivity contribution in [2.45, 2.75) is 44.1 Å². The van der Waals surface area contributed by atoms with E-state index in [2.05, 4.69) is 31.9 Å². The highest BCUT2D eigenvalue weighted by atomic mass is 79.9. The fraction of sp³-hybridized carbons (Fsp3) is 0.769. The first-order chi connectivity index (χ1) is 8.14. The lowest BCUT2D eigenvalue weighted by atomic mass is 9.53. The molecule has 0 aliphatic heterocycles. The van der Waals surface area contributed by atoms with E-state index in [4.69, 9.17) is 5.73 Å². The molecule has 17 heavy (non-hydrogen) atoms. The molecule has 0 unspecified atom stereocenters. The predicted octanol–water partition coefficient (Wildman–Crippen LogP) is 3.15. The molecule has 0 aromatic carbocycles. The number of halogens is 1. The minimum absolute atomic E-state index is 0.300. The Morgan fingerprint density at radius 1 is 1.18 bits per heavy atom. The maximum atomic E-state index is 5.88. The number of hydrogen-bond donors (Lipinski definition) is 1. The van der Waals surface area contributed by atoms with Gasteiger partial charge in [0.25, 0.3) is 0 Å². The number of nitrogens with zero attached hydrogens (tertiary/aromatic N) is 2. The molecule has 0 spiro atoms. The van der Waals surface area contributed by atoms with Gasteiger partial charge < -0.3 is 5.73 Å². The van der Waals surface area contributed by atoms with Crippen LogP contribution in [0, 0.1) is 17.8 Å². The Balaban J connectivity index is 1.77. The third-order valence-corrected chi connectivity index (χ3v) is 5.80. The zero-order chi connectivity index (χ0) is 11.6. The van der Waals surface area contributed by atoms with Gasteiger partial charge in [-0.25, -0.2) is 0 Å². The number of anilines is 1. The van der Waals surface area contributed by atoms with Gasteiger partial charge in [-0.05, 0) is 72.2 Å². The molecule has 4 fully saturated rings. The summed E-state index contributed by atoms with van der Waals surface area (Å²) in [6.07, 6.45) is 10.5. The van der Waals surface area contributed by atoms with E-state index in [0.717, 1.165) is 22.2 Å². The summed E-state index contributed by atoms with van der Waals surface area (Å²) >= 11 is 3.49. The lowest BCUT2D eigenvalue weighted by molar-refractivity contribution is -0.0492. The van der Waals surface area contributed by atoms with E-state index >= 15 is 0 Å². The van der Waals surface area contributed by atoms with E-state index in [1.807, 2.05) is 0 Å². The first-order valence-corrected chi connectivity index (χ1v) is 7.45. The maximum absolute atomic E-state index is 5.88. The van der Waals surface area contributed by atoms with Crippen molar-refractivity contribution in [1.82, 2.24) is 9.78 Å². The van der Waals surface area contributed by atoms with Crippen LogP contribution >= 0.6 is 15.9 Å². The van der Waals surface area contributed by atoms with Gasteiger partial charge >= 0.3 is 0 Å². The second-order valence-electron chi connectivity index (χ2n) is 6.45. The Hall–Kier alpha value is -0.510. The molecule has 0 amide bonds. The minimum Gasteiger partial charge on any atom is -0.381 e. The molecule has 1 heterocycles. The van der Waals surface area contributed by atoms with Crippen molar-refractivity contribution in [3.05, 3.63) is 10.7 Å². The first-order valence-electron chi connectivity index (χ1n) is 6.66. The van der Waals surface area contributed by atoms with Crippen molar-refractivity contribution in [3.8, 4) is 0 Å². The lowest BCUT2D eigenvalue weighted by Gasteiger charge is -2.56. The molecule has 1 aromatic heterocycles. The molecule has 4 saturated carbocycles. The monoisotopic (exact) mass is 295 g/mol. The van der Waals surface area contributed by atoms with Crippen LogP contribution in [-0.2, 0) is 5.54 Å². The highest BCUT2D eigenvalue weighted by Crippen LogP contribution is 2.58. The predicted molar refractivity (Wildman–Crippen MR) is 70.5 cm³/mol. The summed E-state index contributed by atoms with van der Waals surface area (Å²) in [4.78, 5) is 0. The Morgan fingerprint density at radius 2 is 1.71 bits per heavy atom. The molecule has 5 rings (SSSR count). The van der Waals surface area contributed by atoms with Crippen LogP contribution in [-0.4, -0.2) is 9.78 Å². The Bertz CT molecular complexity index is 410. The molecule has 0 radical (unpaired) electrons. The van der Waals surface area contributed by atoms with Gasteiger partial charge in [0.2, 0.25) is 0 Å². The molecule has 0 saturated heterocycles. The zero-order valence-electron chi connectivity index (χ0n) is 9.90. The van der Waals surface area contributed by atoms with Crippen molar-refractivity contribution < 1.29 is 0 Å². The maximum Gasteiger partial charge on any atom is 0.159 e. The third kappa shape index (κ3) is 1.42. The van der Waals surface area contributed by atoms with Gasteiger partial charge in [0.1, 0.15) is 0 Å². The standard InChI is InChI=1S/C13H18BrN3/c14-11-7-17(16-12(11)15)13-4-8-1-9(5-13)3-10(2-8)6-13/h7-10H,1-6H2,(H2,15,16). The fourth-order valence-corrected chi connectivity index (χ4v) is 5.23. The second-order valence-corrected chi connectivity index (χ2v) is 7.30. The van der Waals surface area contributed by atoms with Gasteiger partial charge in [-0.3, -0.25) is 4.68 Å². The molecule has 92 valence electrons. The molecule has 4 heteroatoms. The Morgan fingerprint density at radius 3 is 2.12 bits per heavy atom. The molecule has 4 aliphatic carbocycles. The summed E-state index contributed by atoms with van der Waals surface area (Å²) in [6.45, 7) is 0. The summed E-state index contributed by atoms with van der Waals surface area (Å²) in [6, 6.07) is 0. The molecule has 2 N–H and O–H groups in total. The largest absolute Gasteiger partial charge is 0.381 e. The first kappa shape index (κ1) is 10.4. The number of nitrogens with two attached hydrogens (primary N) is 1. The van der Waals surface area contributed by atoms with Crippen LogP contribution in [0.4, 0.5) is 5.82 Å². The van der Waals surface area contributed by atoms with Gasteiger partial charge in [0.15, 0.2) is 5.82 Å². The molecular weight excluding hydrogens is 278 g/mol. The van der Waals surface area contributed by atoms with Crippen molar-refractivity contribution in [2.24, 2.45) is 17.8 Å². The highest BCUT2D eigenvalue weighted by molar-refractivity contribution is 9.10. The average molecular weight is 296 g/mol. The van der Waals surface area contributed by atoms with E-state index in [9.17, 15) is 0 Å². The summed E-state index contributed by atoms with van der Waals surface area (Å²) in [5.41, 5.74) is 6.18. The SMILES string of the molecule is Nc1nn(C23CC4CC(CC(C4)C2)C3)cc1Br. The minimum atomic E-state index is 0.300. The van der Waals surface area contributed by atoms with Crippen LogP contribution in [0.1, 0.15) is 38.5 Å². The van der Waals surface area contributed by atoms with Crippen LogP contribution in [0.25, 0.3) is 0 Å². The Kier molecular flexibility index (Phi) is 2.01. The number of aromatic nitrogens is 2. The number of rotatable bonds is 1. The van der Waals surface area contributed by atoms with Crippen LogP contribution in [0.15, 0.2) is 10.7 Å². The van der Waals surface area contributed by atoms with Crippen molar-refractivity contribution >= 4 is 21.7 Å². The summed E-state index contributed by atoms with van der Waals surface area (Å²) < 4.78 is 3.14. The van der Waals surface area contributed by atoms with Gasteiger partial charge in [0.05, 0.1) is 10.0 Å². The summed E-state index contributed by atoms with van der Waals surface area (Å²) in [5, 5.41) is 4.55. The van der Waals surface area contributed by atoms with Crippen LogP contribution in [0.5, 0.6) is 0 Å². The molecule has 3 nitrogen and oxygen atoms in total. The van der Waals surface area contributed by atoms with E-state index in [1.54, 1.807) is 0 Å².